The zero-order valence-electron chi connectivity index (χ0n) is 25.6. The van der Waals surface area contributed by atoms with E-state index in [4.69, 9.17) is 9.47 Å². The minimum atomic E-state index is -2.58. The summed E-state index contributed by atoms with van der Waals surface area (Å²) < 4.78 is 44.0. The predicted molar refractivity (Wildman–Crippen MR) is 149 cm³/mol. The van der Waals surface area contributed by atoms with Crippen LogP contribution >= 0.6 is 0 Å². The molecule has 0 aliphatic heterocycles. The van der Waals surface area contributed by atoms with Crippen LogP contribution in [0.2, 0.25) is 0 Å². The summed E-state index contributed by atoms with van der Waals surface area (Å²) in [5, 5.41) is 41.8. The van der Waals surface area contributed by atoms with E-state index >= 15 is 8.78 Å². The summed E-state index contributed by atoms with van der Waals surface area (Å²) in [7, 11) is 0. The summed E-state index contributed by atoms with van der Waals surface area (Å²) in [6.45, 7) is 0.746. The van der Waals surface area contributed by atoms with E-state index in [0.717, 1.165) is 12.2 Å². The highest BCUT2D eigenvalue weighted by Gasteiger charge is 2.78. The number of halogens is 2. The first-order chi connectivity index (χ1) is 21.9. The number of hydrogen-bond acceptors (Lipinski definition) is 14. The molecule has 2 unspecified atom stereocenters. The van der Waals surface area contributed by atoms with Crippen LogP contribution in [0.25, 0.3) is 0 Å². The molecule has 16 nitrogen and oxygen atoms in total. The molecule has 0 spiro atoms. The molecule has 4 aliphatic rings. The van der Waals surface area contributed by atoms with Crippen molar-refractivity contribution in [1.29, 1.82) is 0 Å². The van der Waals surface area contributed by atoms with Gasteiger partial charge in [0.2, 0.25) is 11.4 Å². The van der Waals surface area contributed by atoms with Crippen molar-refractivity contribution in [2.45, 2.75) is 88.4 Å². The summed E-state index contributed by atoms with van der Waals surface area (Å²) in [6, 6.07) is 0. The van der Waals surface area contributed by atoms with Gasteiger partial charge in [-0.05, 0) is 62.7 Å². The minimum absolute atomic E-state index is 0.144. The van der Waals surface area contributed by atoms with Gasteiger partial charge >= 0.3 is 11.9 Å². The fraction of sp³-hybridized carbons (Fsp3) is 0.724. The quantitative estimate of drug-likeness (QED) is 0.115. The molecule has 0 aromatic carbocycles. The normalized spacial score (nSPS) is 37.0. The van der Waals surface area contributed by atoms with E-state index in [1.54, 1.807) is 0 Å². The van der Waals surface area contributed by atoms with Crippen molar-refractivity contribution in [3.63, 3.8) is 0 Å². The zero-order chi connectivity index (χ0) is 34.9. The summed E-state index contributed by atoms with van der Waals surface area (Å²) in [4.78, 5) is 80.6. The third kappa shape index (κ3) is 6.08. The van der Waals surface area contributed by atoms with Gasteiger partial charge in [-0.15, -0.1) is 20.2 Å². The largest absolute Gasteiger partial charge is 0.457 e. The minimum Gasteiger partial charge on any atom is -0.457 e. The van der Waals surface area contributed by atoms with Crippen molar-refractivity contribution in [2.75, 3.05) is 19.8 Å². The highest BCUT2D eigenvalue weighted by atomic mass is 19.1. The molecule has 4 aliphatic carbocycles. The highest BCUT2D eigenvalue weighted by molar-refractivity contribution is 6.01. The monoisotopic (exact) mass is 674 g/mol. The van der Waals surface area contributed by atoms with Crippen molar-refractivity contribution < 1.29 is 67.5 Å². The number of nitrogens with zero attached hydrogens (tertiary/aromatic N) is 2. The van der Waals surface area contributed by atoms with E-state index in [2.05, 4.69) is 9.68 Å². The van der Waals surface area contributed by atoms with E-state index in [-0.39, 0.29) is 24.8 Å². The maximum absolute atomic E-state index is 17.5. The average molecular weight is 675 g/mol. The van der Waals surface area contributed by atoms with Gasteiger partial charge in [0.25, 0.3) is 10.2 Å². The second-order valence-corrected chi connectivity index (χ2v) is 12.7. The molecule has 0 aromatic rings. The van der Waals surface area contributed by atoms with Gasteiger partial charge < -0.3 is 29.4 Å². The highest BCUT2D eigenvalue weighted by Crippen LogP contribution is 2.70. The number of allylic oxidation sites excluding steroid dienone is 4. The number of carbonyl (C=O) groups is 4. The van der Waals surface area contributed by atoms with Crippen LogP contribution in [0.3, 0.4) is 0 Å². The Morgan fingerprint density at radius 2 is 1.57 bits per heavy atom. The number of aliphatic hydroxyl groups is 2. The molecule has 2 N–H and O–H groups in total. The van der Waals surface area contributed by atoms with Crippen LogP contribution in [0.1, 0.15) is 58.8 Å². The molecule has 0 radical (unpaired) electrons. The number of esters is 2. The molecule has 0 saturated heterocycles. The van der Waals surface area contributed by atoms with Gasteiger partial charge in [0.15, 0.2) is 18.1 Å². The van der Waals surface area contributed by atoms with E-state index in [1.807, 2.05) is 0 Å². The third-order valence-corrected chi connectivity index (χ3v) is 10.3. The SMILES string of the molecule is C[C@]12C=CC(=O)C=C1[C@@H](F)CC1C3C[C@@H](O)[C@](OC(=O)CCCO[N+](=O)[O-])(C(=O)COC(=O)CCCO[N+](=O)[O-])[C@@]3(C)C[C@H](O)[C@@]12F. The number of Topliss-reactive ketones (excluding diaryl/α,β-unsaturated/α-hetero) is 1. The summed E-state index contributed by atoms with van der Waals surface area (Å²) in [6.07, 6.45) is -5.12. The molecule has 0 aromatic heterocycles. The van der Waals surface area contributed by atoms with Gasteiger partial charge in [-0.2, -0.15) is 0 Å². The zero-order valence-corrected chi connectivity index (χ0v) is 25.6. The number of alkyl halides is 2. The van der Waals surface area contributed by atoms with Crippen LogP contribution in [-0.2, 0) is 38.3 Å². The summed E-state index contributed by atoms with van der Waals surface area (Å²) in [5.41, 5.74) is -8.80. The Bertz CT molecular complexity index is 1390. The van der Waals surface area contributed by atoms with Crippen molar-refractivity contribution in [3.8, 4) is 0 Å². The molecule has 4 rings (SSSR count). The van der Waals surface area contributed by atoms with Crippen molar-refractivity contribution in [3.05, 3.63) is 44.0 Å². The lowest BCUT2D eigenvalue weighted by molar-refractivity contribution is -0.757. The number of aliphatic hydroxyl groups excluding tert-OH is 2. The molecule has 3 saturated carbocycles. The maximum atomic E-state index is 17.5. The second kappa shape index (κ2) is 13.2. The van der Waals surface area contributed by atoms with E-state index in [1.165, 1.54) is 19.9 Å². The van der Waals surface area contributed by atoms with Gasteiger partial charge in [0.05, 0.1) is 19.3 Å². The van der Waals surface area contributed by atoms with Crippen LogP contribution in [-0.4, -0.2) is 93.4 Å². The molecule has 260 valence electrons. The fourth-order valence-electron chi connectivity index (χ4n) is 8.22. The summed E-state index contributed by atoms with van der Waals surface area (Å²) >= 11 is 0. The summed E-state index contributed by atoms with van der Waals surface area (Å²) in [5.74, 6) is -6.21. The first-order valence-corrected chi connectivity index (χ1v) is 15.0. The van der Waals surface area contributed by atoms with Crippen LogP contribution in [0.15, 0.2) is 23.8 Å². The van der Waals surface area contributed by atoms with Crippen molar-refractivity contribution in [2.24, 2.45) is 22.7 Å². The first kappa shape index (κ1) is 35.8. The number of carbonyl (C=O) groups excluding carboxylic acids is 4. The number of ether oxygens (including phenoxy) is 2. The van der Waals surface area contributed by atoms with E-state index in [9.17, 15) is 49.6 Å². The van der Waals surface area contributed by atoms with Crippen molar-refractivity contribution >= 4 is 23.5 Å². The molecule has 0 bridgehead atoms. The van der Waals surface area contributed by atoms with E-state index in [0.29, 0.717) is 0 Å². The maximum Gasteiger partial charge on any atom is 0.306 e. The van der Waals surface area contributed by atoms with Crippen LogP contribution in [0.4, 0.5) is 8.78 Å². The Kier molecular flexibility index (Phi) is 10.1. The van der Waals surface area contributed by atoms with Gasteiger partial charge in [-0.25, -0.2) is 8.78 Å². The van der Waals surface area contributed by atoms with Gasteiger partial charge in [0.1, 0.15) is 12.3 Å². The second-order valence-electron chi connectivity index (χ2n) is 12.7. The number of hydrogen-bond donors (Lipinski definition) is 2. The van der Waals surface area contributed by atoms with Crippen LogP contribution in [0, 0.1) is 42.9 Å². The Hall–Kier alpha value is -4.06. The Balaban J connectivity index is 1.67. The lowest BCUT2D eigenvalue weighted by atomic mass is 9.44. The number of rotatable bonds is 14. The molecule has 18 heteroatoms. The Morgan fingerprint density at radius 1 is 0.979 bits per heavy atom. The molecule has 9 atom stereocenters. The molecular weight excluding hydrogens is 638 g/mol. The number of ketones is 2. The Labute approximate surface area is 266 Å². The molecule has 47 heavy (non-hydrogen) atoms. The topological polar surface area (TPSA) is 232 Å². The average Bonchev–Trinajstić information content (AvgIpc) is 3.20. The first-order valence-electron chi connectivity index (χ1n) is 15.0. The van der Waals surface area contributed by atoms with Crippen LogP contribution in [0.5, 0.6) is 0 Å². The third-order valence-electron chi connectivity index (χ3n) is 10.3. The predicted octanol–water partition coefficient (Wildman–Crippen LogP) is 1.65. The van der Waals surface area contributed by atoms with Gasteiger partial charge in [-0.3, -0.25) is 19.2 Å². The Morgan fingerprint density at radius 3 is 2.17 bits per heavy atom. The number of fused-ring (bicyclic) bond motifs is 5. The lowest BCUT2D eigenvalue weighted by Gasteiger charge is -2.63. The molecule has 0 heterocycles. The lowest BCUT2D eigenvalue weighted by Crippen LogP contribution is -2.71. The standard InChI is InChI=1S/C29H36F2N2O14/c1-26-8-7-16(34)11-19(26)20(30)12-18-17-13-21(35)29(27(17,2)14-22(36)28(18,26)31,47-25(39)6-4-10-46-33(42)43)23(37)15-44-24(38)5-3-9-45-32(40)41/h7-8,11,17-18,20-22,35-36H,3-6,9-10,12-15H2,1-2H3/t17?,18?,20-,21+,22-,26-,27-,28-,29-/m0/s1. The molecular formula is C29H36F2N2O14. The molecule has 3 fully saturated rings. The molecule has 0 amide bonds. The van der Waals surface area contributed by atoms with Crippen molar-refractivity contribution in [1.82, 2.24) is 0 Å². The smallest absolute Gasteiger partial charge is 0.306 e. The fourth-order valence-corrected chi connectivity index (χ4v) is 8.22. The van der Waals surface area contributed by atoms with Crippen LogP contribution < -0.4 is 0 Å². The van der Waals surface area contributed by atoms with Gasteiger partial charge in [-0.1, -0.05) is 13.0 Å². The van der Waals surface area contributed by atoms with Gasteiger partial charge in [0, 0.05) is 29.6 Å². The van der Waals surface area contributed by atoms with E-state index < -0.39 is 131 Å².